The highest BCUT2D eigenvalue weighted by Crippen LogP contribution is 2.13. The Balaban J connectivity index is 4.21. The second-order valence-corrected chi connectivity index (χ2v) is 15.2. The van der Waals surface area contributed by atoms with Crippen LogP contribution in [0.5, 0.6) is 0 Å². The zero-order chi connectivity index (χ0) is 38.2. The highest BCUT2D eigenvalue weighted by Gasteiger charge is 2.18. The van der Waals surface area contributed by atoms with E-state index in [9.17, 15) is 14.4 Å². The number of ether oxygens (including phenoxy) is 2. The predicted molar refractivity (Wildman–Crippen MR) is 221 cm³/mol. The summed E-state index contributed by atoms with van der Waals surface area (Å²) in [4.78, 5) is 39.5. The lowest BCUT2D eigenvalue weighted by Gasteiger charge is -2.19. The van der Waals surface area contributed by atoms with Crippen molar-refractivity contribution in [2.75, 3.05) is 33.8 Å². The molecule has 0 bridgehead atoms. The van der Waals surface area contributed by atoms with E-state index < -0.39 is 6.10 Å². The first-order chi connectivity index (χ1) is 25.4. The number of esters is 2. The number of rotatable bonds is 39. The van der Waals surface area contributed by atoms with Crippen LogP contribution >= 0.6 is 0 Å². The van der Waals surface area contributed by atoms with Gasteiger partial charge in [-0.05, 0) is 91.3 Å². The Kier molecular flexibility index (Phi) is 38.4. The summed E-state index contributed by atoms with van der Waals surface area (Å²) in [6.07, 6.45) is 41.9. The van der Waals surface area contributed by atoms with Crippen molar-refractivity contribution in [3.63, 3.8) is 0 Å². The molecule has 0 saturated carbocycles. The van der Waals surface area contributed by atoms with Crippen LogP contribution in [0, 0.1) is 0 Å². The molecule has 0 aliphatic heterocycles. The number of amides is 1. The van der Waals surface area contributed by atoms with Gasteiger partial charge in [0.05, 0.1) is 6.54 Å². The minimum absolute atomic E-state index is 0.0278. The van der Waals surface area contributed by atoms with Gasteiger partial charge < -0.3 is 19.7 Å². The maximum absolute atomic E-state index is 12.7. The molecule has 0 saturated heterocycles. The molecule has 0 radical (unpaired) electrons. The summed E-state index contributed by atoms with van der Waals surface area (Å²) in [5.74, 6) is -0.647. The van der Waals surface area contributed by atoms with E-state index in [1.54, 1.807) is 0 Å². The Hall–Kier alpha value is -2.15. The second kappa shape index (κ2) is 40.0. The van der Waals surface area contributed by atoms with Crippen molar-refractivity contribution in [1.29, 1.82) is 0 Å². The number of carbonyl (C=O) groups is 3. The number of nitrogens with one attached hydrogen (secondary N) is 1. The molecule has 0 aliphatic rings. The lowest BCUT2D eigenvalue weighted by atomic mass is 10.1. The Bertz CT molecular complexity index is 872. The highest BCUT2D eigenvalue weighted by molar-refractivity contribution is 5.76. The number of hydrogen-bond donors (Lipinski definition) is 1. The molecule has 1 unspecified atom stereocenters. The Labute approximate surface area is 321 Å². The van der Waals surface area contributed by atoms with Crippen LogP contribution in [0.1, 0.15) is 206 Å². The predicted octanol–water partition coefficient (Wildman–Crippen LogP) is 12.0. The summed E-state index contributed by atoms with van der Waals surface area (Å²) in [5, 5.41) is 2.87. The molecule has 0 aromatic carbocycles. The monoisotopic (exact) mass is 733 g/mol. The second-order valence-electron chi connectivity index (χ2n) is 15.2. The summed E-state index contributed by atoms with van der Waals surface area (Å²) < 4.78 is 11.2. The first kappa shape index (κ1) is 49.9. The summed E-state index contributed by atoms with van der Waals surface area (Å²) in [5.41, 5.74) is 0. The van der Waals surface area contributed by atoms with Crippen molar-refractivity contribution in [3.05, 3.63) is 24.3 Å². The average molecular weight is 733 g/mol. The maximum atomic E-state index is 12.7. The largest absolute Gasteiger partial charge is 0.462 e. The first-order valence-corrected chi connectivity index (χ1v) is 22.0. The zero-order valence-electron chi connectivity index (χ0n) is 34.7. The molecule has 1 N–H and O–H groups in total. The third-order valence-electron chi connectivity index (χ3n) is 9.55. The van der Waals surface area contributed by atoms with E-state index in [-0.39, 0.29) is 31.0 Å². The van der Waals surface area contributed by atoms with Gasteiger partial charge in [0, 0.05) is 19.3 Å². The van der Waals surface area contributed by atoms with Crippen molar-refractivity contribution >= 4 is 17.8 Å². The normalized spacial score (nSPS) is 12.2. The van der Waals surface area contributed by atoms with Crippen molar-refractivity contribution in [3.8, 4) is 0 Å². The molecule has 0 fully saturated rings. The quantitative estimate of drug-likeness (QED) is 0.0385. The van der Waals surface area contributed by atoms with E-state index >= 15 is 0 Å². The van der Waals surface area contributed by atoms with E-state index in [0.717, 1.165) is 64.3 Å². The van der Waals surface area contributed by atoms with Crippen LogP contribution in [0.3, 0.4) is 0 Å². The van der Waals surface area contributed by atoms with Crippen LogP contribution < -0.4 is 5.32 Å². The van der Waals surface area contributed by atoms with Crippen LogP contribution in [-0.4, -0.2) is 62.6 Å². The standard InChI is InChI=1S/C45H84N2O5/c1-5-7-9-11-13-15-17-19-21-23-25-27-29-31-33-37-44(49)51-41-42(40-46-43(48)36-35-39-47(3)4)52-45(50)38-34-32-30-28-26-24-22-20-18-16-14-12-10-8-6-2/h19-22,42H,5-18,23-41H2,1-4H3,(H,46,48). The van der Waals surface area contributed by atoms with Crippen molar-refractivity contribution in [2.24, 2.45) is 0 Å². The van der Waals surface area contributed by atoms with Gasteiger partial charge in [0.1, 0.15) is 6.61 Å². The van der Waals surface area contributed by atoms with E-state index in [0.29, 0.717) is 19.3 Å². The van der Waals surface area contributed by atoms with Crippen molar-refractivity contribution in [1.82, 2.24) is 10.2 Å². The van der Waals surface area contributed by atoms with Crippen molar-refractivity contribution in [2.45, 2.75) is 213 Å². The average Bonchev–Trinajstić information content (AvgIpc) is 3.12. The van der Waals surface area contributed by atoms with E-state index in [1.807, 2.05) is 19.0 Å². The summed E-state index contributed by atoms with van der Waals surface area (Å²) in [6, 6.07) is 0. The summed E-state index contributed by atoms with van der Waals surface area (Å²) >= 11 is 0. The molecule has 0 aromatic heterocycles. The number of carbonyl (C=O) groups excluding carboxylic acids is 3. The Morgan fingerprint density at radius 1 is 0.519 bits per heavy atom. The molecule has 7 nitrogen and oxygen atoms in total. The van der Waals surface area contributed by atoms with Gasteiger partial charge in [0.15, 0.2) is 6.10 Å². The van der Waals surface area contributed by atoms with E-state index in [1.165, 1.54) is 116 Å². The molecule has 52 heavy (non-hydrogen) atoms. The molecule has 0 rings (SSSR count). The van der Waals surface area contributed by atoms with Crippen LogP contribution in [0.4, 0.5) is 0 Å². The van der Waals surface area contributed by atoms with Crippen molar-refractivity contribution < 1.29 is 23.9 Å². The Morgan fingerprint density at radius 2 is 0.923 bits per heavy atom. The van der Waals surface area contributed by atoms with Crippen LogP contribution in [0.2, 0.25) is 0 Å². The van der Waals surface area contributed by atoms with Gasteiger partial charge in [-0.2, -0.15) is 0 Å². The molecule has 0 heterocycles. The van der Waals surface area contributed by atoms with Crippen LogP contribution in [-0.2, 0) is 23.9 Å². The highest BCUT2D eigenvalue weighted by atomic mass is 16.6. The van der Waals surface area contributed by atoms with Gasteiger partial charge in [0.25, 0.3) is 0 Å². The van der Waals surface area contributed by atoms with E-state index in [2.05, 4.69) is 43.5 Å². The van der Waals surface area contributed by atoms with Crippen LogP contribution in [0.25, 0.3) is 0 Å². The van der Waals surface area contributed by atoms with Gasteiger partial charge in [-0.15, -0.1) is 0 Å². The fourth-order valence-corrected chi connectivity index (χ4v) is 6.19. The van der Waals surface area contributed by atoms with Gasteiger partial charge in [0.2, 0.25) is 5.91 Å². The minimum atomic E-state index is -0.675. The van der Waals surface area contributed by atoms with Crippen LogP contribution in [0.15, 0.2) is 24.3 Å². The fourth-order valence-electron chi connectivity index (χ4n) is 6.19. The fraction of sp³-hybridized carbons (Fsp3) is 0.844. The molecular weight excluding hydrogens is 649 g/mol. The third kappa shape index (κ3) is 39.1. The van der Waals surface area contributed by atoms with Gasteiger partial charge in [-0.1, -0.05) is 141 Å². The molecule has 0 spiro atoms. The topological polar surface area (TPSA) is 84.9 Å². The molecular formula is C45H84N2O5. The summed E-state index contributed by atoms with van der Waals surface area (Å²) in [6.45, 7) is 5.47. The minimum Gasteiger partial charge on any atom is -0.462 e. The molecule has 1 amide bonds. The summed E-state index contributed by atoms with van der Waals surface area (Å²) in [7, 11) is 3.96. The SMILES string of the molecule is CCCCCCCCC=CCCCCCCCC(=O)OCC(CNC(=O)CCCN(C)C)OC(=O)CCCCCCCC=CCCCCCCCC. The zero-order valence-corrected chi connectivity index (χ0v) is 34.7. The molecule has 1 atom stereocenters. The lowest BCUT2D eigenvalue weighted by Crippen LogP contribution is -2.38. The number of nitrogens with zero attached hydrogens (tertiary/aromatic N) is 1. The molecule has 304 valence electrons. The number of allylic oxidation sites excluding steroid dienone is 4. The van der Waals surface area contributed by atoms with Gasteiger partial charge in [-0.25, -0.2) is 0 Å². The first-order valence-electron chi connectivity index (χ1n) is 22.0. The Morgan fingerprint density at radius 3 is 1.37 bits per heavy atom. The van der Waals surface area contributed by atoms with E-state index in [4.69, 9.17) is 9.47 Å². The third-order valence-corrected chi connectivity index (χ3v) is 9.55. The number of unbranched alkanes of at least 4 members (excludes halogenated alkanes) is 22. The molecule has 7 heteroatoms. The maximum Gasteiger partial charge on any atom is 0.306 e. The molecule has 0 aromatic rings. The number of hydrogen-bond acceptors (Lipinski definition) is 6. The smallest absolute Gasteiger partial charge is 0.306 e. The van der Waals surface area contributed by atoms with Gasteiger partial charge in [-0.3, -0.25) is 14.4 Å². The lowest BCUT2D eigenvalue weighted by molar-refractivity contribution is -0.159. The van der Waals surface area contributed by atoms with Gasteiger partial charge >= 0.3 is 11.9 Å². The molecule has 0 aliphatic carbocycles.